The smallest absolute Gasteiger partial charge is 0.0619 e. The lowest BCUT2D eigenvalue weighted by Gasteiger charge is -2.27. The van der Waals surface area contributed by atoms with Crippen molar-refractivity contribution >= 4 is 113 Å². The predicted molar refractivity (Wildman–Crippen MR) is 270 cm³/mol. The highest BCUT2D eigenvalue weighted by molar-refractivity contribution is 7.26. The van der Waals surface area contributed by atoms with Gasteiger partial charge in [0.1, 0.15) is 0 Å². The van der Waals surface area contributed by atoms with Crippen molar-refractivity contribution < 1.29 is 0 Å². The monoisotopic (exact) mass is 824 g/mol. The Kier molecular flexibility index (Phi) is 7.99. The molecule has 0 atom stereocenters. The zero-order chi connectivity index (χ0) is 40.7. The number of thiophene rings is 2. The van der Waals surface area contributed by atoms with Crippen molar-refractivity contribution in [1.82, 2.24) is 4.57 Å². The fraction of sp³-hybridized carbons (Fsp3) is 0. The first-order valence-electron chi connectivity index (χ1n) is 21.1. The molecule has 13 aromatic rings. The summed E-state index contributed by atoms with van der Waals surface area (Å²) in [6, 6.07) is 80.4. The van der Waals surface area contributed by atoms with E-state index >= 15 is 0 Å². The summed E-state index contributed by atoms with van der Waals surface area (Å²) in [7, 11) is 0. The number of para-hydroxylation sites is 1. The van der Waals surface area contributed by atoms with Gasteiger partial charge < -0.3 is 9.47 Å². The topological polar surface area (TPSA) is 8.17 Å². The largest absolute Gasteiger partial charge is 0.310 e. The van der Waals surface area contributed by atoms with Gasteiger partial charge in [-0.15, -0.1) is 22.7 Å². The minimum absolute atomic E-state index is 1.11. The van der Waals surface area contributed by atoms with Gasteiger partial charge in [-0.3, -0.25) is 0 Å². The van der Waals surface area contributed by atoms with Crippen LogP contribution in [0.5, 0.6) is 0 Å². The highest BCUT2D eigenvalue weighted by Crippen LogP contribution is 2.46. The number of hydrogen-bond donors (Lipinski definition) is 0. The molecule has 0 N–H and O–H groups in total. The number of rotatable bonds is 6. The number of aromatic nitrogens is 1. The van der Waals surface area contributed by atoms with Crippen LogP contribution in [0.2, 0.25) is 0 Å². The van der Waals surface area contributed by atoms with Crippen molar-refractivity contribution in [1.29, 1.82) is 0 Å². The summed E-state index contributed by atoms with van der Waals surface area (Å²) in [6.07, 6.45) is 0. The minimum Gasteiger partial charge on any atom is -0.310 e. The molecule has 290 valence electrons. The van der Waals surface area contributed by atoms with E-state index in [1.165, 1.54) is 101 Å². The Balaban J connectivity index is 0.939. The molecule has 0 saturated carbocycles. The van der Waals surface area contributed by atoms with E-state index in [4.69, 9.17) is 0 Å². The van der Waals surface area contributed by atoms with E-state index < -0.39 is 0 Å². The van der Waals surface area contributed by atoms with E-state index in [0.29, 0.717) is 0 Å². The molecule has 0 saturated heterocycles. The van der Waals surface area contributed by atoms with Gasteiger partial charge in [0.15, 0.2) is 0 Å². The average molecular weight is 825 g/mol. The van der Waals surface area contributed by atoms with Crippen LogP contribution in [0.4, 0.5) is 17.1 Å². The molecule has 0 radical (unpaired) electrons. The molecule has 4 heteroatoms. The third-order valence-corrected chi connectivity index (χ3v) is 14.9. The normalized spacial score (nSPS) is 11.9. The van der Waals surface area contributed by atoms with Gasteiger partial charge in [-0.1, -0.05) is 146 Å². The zero-order valence-corrected chi connectivity index (χ0v) is 35.1. The first kappa shape index (κ1) is 35.3. The average Bonchev–Trinajstić information content (AvgIpc) is 4.02. The Morgan fingerprint density at radius 1 is 0.339 bits per heavy atom. The Bertz CT molecular complexity index is 3850. The van der Waals surface area contributed by atoms with E-state index in [2.05, 4.69) is 228 Å². The van der Waals surface area contributed by atoms with Crippen molar-refractivity contribution in [2.45, 2.75) is 0 Å². The number of nitrogens with zero attached hydrogens (tertiary/aromatic N) is 2. The quantitative estimate of drug-likeness (QED) is 0.162. The maximum Gasteiger partial charge on any atom is 0.0619 e. The van der Waals surface area contributed by atoms with E-state index in [9.17, 15) is 0 Å². The predicted octanol–water partition coefficient (Wildman–Crippen LogP) is 17.5. The van der Waals surface area contributed by atoms with Crippen LogP contribution in [-0.4, -0.2) is 4.57 Å². The van der Waals surface area contributed by atoms with E-state index in [-0.39, 0.29) is 0 Å². The van der Waals surface area contributed by atoms with Gasteiger partial charge >= 0.3 is 0 Å². The number of hydrogen-bond acceptors (Lipinski definition) is 3. The molecule has 3 heterocycles. The van der Waals surface area contributed by atoms with Gasteiger partial charge in [-0.05, 0) is 100 Å². The maximum atomic E-state index is 2.45. The van der Waals surface area contributed by atoms with Crippen LogP contribution in [0.1, 0.15) is 0 Å². The highest BCUT2D eigenvalue weighted by Gasteiger charge is 2.20. The molecular formula is C58H36N2S2. The second-order valence-corrected chi connectivity index (χ2v) is 18.2. The summed E-state index contributed by atoms with van der Waals surface area (Å²) in [5.74, 6) is 0. The molecule has 0 amide bonds. The first-order valence-corrected chi connectivity index (χ1v) is 22.7. The van der Waals surface area contributed by atoms with Gasteiger partial charge in [0, 0.05) is 73.6 Å². The summed E-state index contributed by atoms with van der Waals surface area (Å²) in [5, 5.41) is 10.2. The minimum atomic E-state index is 1.11. The van der Waals surface area contributed by atoms with Crippen LogP contribution >= 0.6 is 22.7 Å². The maximum absolute atomic E-state index is 2.45. The van der Waals surface area contributed by atoms with Crippen molar-refractivity contribution in [3.05, 3.63) is 218 Å². The third kappa shape index (κ3) is 5.54. The van der Waals surface area contributed by atoms with Gasteiger partial charge in [-0.2, -0.15) is 0 Å². The Hall–Kier alpha value is -7.50. The van der Waals surface area contributed by atoms with Crippen LogP contribution in [-0.2, 0) is 0 Å². The van der Waals surface area contributed by atoms with Crippen molar-refractivity contribution in [2.75, 3.05) is 4.90 Å². The summed E-state index contributed by atoms with van der Waals surface area (Å²) in [4.78, 5) is 2.44. The molecule has 2 nitrogen and oxygen atoms in total. The van der Waals surface area contributed by atoms with Crippen molar-refractivity contribution in [3.63, 3.8) is 0 Å². The summed E-state index contributed by atoms with van der Waals surface area (Å²) >= 11 is 3.73. The van der Waals surface area contributed by atoms with Crippen LogP contribution in [0.3, 0.4) is 0 Å². The molecule has 0 spiro atoms. The fourth-order valence-corrected chi connectivity index (χ4v) is 12.0. The Labute approximate surface area is 366 Å². The number of benzene rings is 10. The number of anilines is 3. The molecule has 0 aliphatic heterocycles. The van der Waals surface area contributed by atoms with Gasteiger partial charge in [-0.25, -0.2) is 0 Å². The van der Waals surface area contributed by atoms with E-state index in [1.54, 1.807) is 0 Å². The van der Waals surface area contributed by atoms with E-state index in [0.717, 1.165) is 17.1 Å². The molecular weight excluding hydrogens is 789 g/mol. The molecule has 13 rings (SSSR count). The first-order chi connectivity index (χ1) is 30.7. The molecule has 0 bridgehead atoms. The molecule has 10 aromatic carbocycles. The molecule has 0 aliphatic carbocycles. The van der Waals surface area contributed by atoms with Gasteiger partial charge in [0.25, 0.3) is 0 Å². The SMILES string of the molecule is c1ccc(-n2c3cc(-c4ccc(N(c5ccc(-c6ccc7c(c6)sc6ccccc67)cc5)c5cccc6sc7ccccc7c56)cc4)ccc3c3ccc4ccccc4c32)cc1. The molecule has 3 aromatic heterocycles. The molecule has 0 aliphatic rings. The molecule has 62 heavy (non-hydrogen) atoms. The number of fused-ring (bicyclic) bond motifs is 11. The fourth-order valence-electron chi connectivity index (χ4n) is 9.68. The van der Waals surface area contributed by atoms with Crippen molar-refractivity contribution in [2.24, 2.45) is 0 Å². The van der Waals surface area contributed by atoms with Crippen LogP contribution in [0.15, 0.2) is 218 Å². The third-order valence-electron chi connectivity index (χ3n) is 12.6. The van der Waals surface area contributed by atoms with Crippen LogP contribution in [0.25, 0.3) is 101 Å². The second-order valence-electron chi connectivity index (χ2n) is 16.1. The molecule has 0 unspecified atom stereocenters. The second kappa shape index (κ2) is 14.0. The molecule has 0 fully saturated rings. The standard InChI is InChI=1S/C58H36N2S2/c1-2-12-42(13-3-1)60-52-35-40(26-32-46(52)49-34-25-39-11-4-5-14-45(39)58(49)60)37-21-28-43(29-22-37)59(51-17-10-20-55-57(51)50-16-7-9-19-54(50)61-55)44-30-23-38(24-31-44)41-27-33-48-47-15-6-8-18-53(47)62-56(48)36-41/h1-36H. The summed E-state index contributed by atoms with van der Waals surface area (Å²) < 4.78 is 7.68. The lowest BCUT2D eigenvalue weighted by atomic mass is 10.0. The summed E-state index contributed by atoms with van der Waals surface area (Å²) in [6.45, 7) is 0. The van der Waals surface area contributed by atoms with Gasteiger partial charge in [0.2, 0.25) is 0 Å². The Morgan fingerprint density at radius 3 is 1.65 bits per heavy atom. The van der Waals surface area contributed by atoms with E-state index in [1.807, 2.05) is 22.7 Å². The lowest BCUT2D eigenvalue weighted by Crippen LogP contribution is -2.10. The van der Waals surface area contributed by atoms with Crippen LogP contribution in [0, 0.1) is 0 Å². The Morgan fingerprint density at radius 2 is 0.887 bits per heavy atom. The zero-order valence-electron chi connectivity index (χ0n) is 33.5. The highest BCUT2D eigenvalue weighted by atomic mass is 32.1. The van der Waals surface area contributed by atoms with Crippen LogP contribution < -0.4 is 4.90 Å². The van der Waals surface area contributed by atoms with Gasteiger partial charge in [0.05, 0.1) is 16.7 Å². The summed E-state index contributed by atoms with van der Waals surface area (Å²) in [5.41, 5.74) is 11.8. The lowest BCUT2D eigenvalue weighted by molar-refractivity contribution is 1.19. The van der Waals surface area contributed by atoms with Crippen molar-refractivity contribution in [3.8, 4) is 27.9 Å².